The van der Waals surface area contributed by atoms with E-state index in [4.69, 9.17) is 10.8 Å². The van der Waals surface area contributed by atoms with Crippen molar-refractivity contribution in [2.45, 2.75) is 25.4 Å². The smallest absolute Gasteiger partial charge is 0.416 e. The Kier molecular flexibility index (Phi) is 10.6. The van der Waals surface area contributed by atoms with Crippen molar-refractivity contribution in [1.82, 2.24) is 24.1 Å². The van der Waals surface area contributed by atoms with Gasteiger partial charge in [-0.3, -0.25) is 13.6 Å². The first-order chi connectivity index (χ1) is 23.8. The molecule has 0 saturated carbocycles. The molecule has 4 aromatic heterocycles. The fraction of sp³-hybridized carbons (Fsp3) is 0.139. The van der Waals surface area contributed by atoms with E-state index in [1.54, 1.807) is 39.4 Å². The van der Waals surface area contributed by atoms with Gasteiger partial charge in [0.05, 0.1) is 29.1 Å². The molecule has 6 rings (SSSR count). The molecule has 254 valence electrons. The molecule has 0 aliphatic carbocycles. The maximum Gasteiger partial charge on any atom is 0.416 e. The van der Waals surface area contributed by atoms with Gasteiger partial charge in [-0.15, -0.1) is 0 Å². The molecule has 2 aromatic carbocycles. The largest absolute Gasteiger partial charge is 0.480 e. The average Bonchev–Trinajstić information content (AvgIpc) is 3.63. The van der Waals surface area contributed by atoms with Crippen molar-refractivity contribution in [3.8, 4) is 23.7 Å². The van der Waals surface area contributed by atoms with E-state index in [1.807, 2.05) is 18.2 Å². The number of nitrogens with zero attached hydrogens (tertiary/aromatic N) is 4. The number of rotatable bonds is 5. The number of pyridine rings is 2. The Balaban J connectivity index is 0.000000197. The van der Waals surface area contributed by atoms with E-state index in [0.717, 1.165) is 24.3 Å². The zero-order valence-electron chi connectivity index (χ0n) is 25.8. The monoisotopic (exact) mass is 688 g/mol. The van der Waals surface area contributed by atoms with E-state index in [9.17, 15) is 31.1 Å². The average molecular weight is 689 g/mol. The number of nitrogens with one attached hydrogen (secondary N) is 1. The summed E-state index contributed by atoms with van der Waals surface area (Å²) in [6.07, 6.45) is -5.30. The maximum absolute atomic E-state index is 12.8. The second-order valence-corrected chi connectivity index (χ2v) is 10.5. The second kappa shape index (κ2) is 15.0. The third-order valence-corrected chi connectivity index (χ3v) is 7.00. The summed E-state index contributed by atoms with van der Waals surface area (Å²) < 4.78 is 80.2. The first-order valence-corrected chi connectivity index (χ1v) is 14.8. The maximum atomic E-state index is 12.8. The Morgan fingerprint density at radius 2 is 1.18 bits per heavy atom. The molecule has 14 heteroatoms. The zero-order chi connectivity index (χ0) is 35.9. The number of carboxylic acid groups (broad SMARTS) is 1. The number of nitrogens with two attached hydrogens (primary N) is 1. The summed E-state index contributed by atoms with van der Waals surface area (Å²) in [4.78, 5) is 19.4. The standard InChI is InChI=1S/C19H14F3N3O2.C17H12F3N3/c20-19(21,22)14-5-3-4-13(10-14)7-8-16-15(11-23-12-18(26)27)24-17-6-1-2-9-25(16)17;18-17(19,20)13-5-3-4-12(10-13)7-8-15-14(11-21)22-16-6-1-2-9-23(15)16/h1-6,9-10,23H,11-12H2,(H,26,27);1-6,9-10H,11,21H2. The third-order valence-electron chi connectivity index (χ3n) is 7.00. The van der Waals surface area contributed by atoms with Crippen LogP contribution in [0.25, 0.3) is 11.3 Å². The molecule has 0 atom stereocenters. The van der Waals surface area contributed by atoms with Crippen molar-refractivity contribution in [2.24, 2.45) is 5.73 Å². The van der Waals surface area contributed by atoms with Crippen molar-refractivity contribution < 1.29 is 36.2 Å². The predicted molar refractivity (Wildman–Crippen MR) is 172 cm³/mol. The van der Waals surface area contributed by atoms with Crippen molar-refractivity contribution in [3.63, 3.8) is 0 Å². The molecule has 50 heavy (non-hydrogen) atoms. The third kappa shape index (κ3) is 8.68. The van der Waals surface area contributed by atoms with Crippen molar-refractivity contribution >= 4 is 17.3 Å². The molecule has 0 radical (unpaired) electrons. The Hall–Kier alpha value is -6.09. The number of carboxylic acids is 1. The fourth-order valence-electron chi connectivity index (χ4n) is 4.72. The van der Waals surface area contributed by atoms with Gasteiger partial charge in [0.1, 0.15) is 22.7 Å². The molecule has 0 amide bonds. The van der Waals surface area contributed by atoms with Crippen LogP contribution in [-0.2, 0) is 30.2 Å². The van der Waals surface area contributed by atoms with Gasteiger partial charge in [0.25, 0.3) is 0 Å². The predicted octanol–water partition coefficient (Wildman–Crippen LogP) is 6.14. The van der Waals surface area contributed by atoms with E-state index in [1.165, 1.54) is 24.3 Å². The molecule has 4 N–H and O–H groups in total. The van der Waals surface area contributed by atoms with E-state index in [-0.39, 0.29) is 30.8 Å². The molecule has 0 unspecified atom stereocenters. The van der Waals surface area contributed by atoms with Crippen LogP contribution in [0.5, 0.6) is 0 Å². The Labute approximate surface area is 281 Å². The highest BCUT2D eigenvalue weighted by Crippen LogP contribution is 2.30. The number of aromatic nitrogens is 4. The van der Waals surface area contributed by atoms with E-state index >= 15 is 0 Å². The van der Waals surface area contributed by atoms with Gasteiger partial charge >= 0.3 is 18.3 Å². The van der Waals surface area contributed by atoms with Crippen molar-refractivity contribution in [2.75, 3.05) is 6.54 Å². The first kappa shape index (κ1) is 35.2. The SMILES string of the molecule is NCc1nc2ccccn2c1C#Cc1cccc(C(F)(F)F)c1.O=C(O)CNCc1nc2ccccn2c1C#Cc1cccc(C(F)(F)F)c1. The molecule has 0 aliphatic heterocycles. The molecule has 8 nitrogen and oxygen atoms in total. The molecular weight excluding hydrogens is 662 g/mol. The number of halogens is 6. The lowest BCUT2D eigenvalue weighted by molar-refractivity contribution is -0.138. The number of hydrogen-bond acceptors (Lipinski definition) is 5. The molecule has 0 bridgehead atoms. The van der Waals surface area contributed by atoms with Crippen LogP contribution in [0.2, 0.25) is 0 Å². The summed E-state index contributed by atoms with van der Waals surface area (Å²) >= 11 is 0. The Morgan fingerprint density at radius 1 is 0.700 bits per heavy atom. The number of benzene rings is 2. The van der Waals surface area contributed by atoms with Gasteiger partial charge in [0.2, 0.25) is 0 Å². The highest BCUT2D eigenvalue weighted by atomic mass is 19.4. The molecule has 4 heterocycles. The molecule has 0 spiro atoms. The number of hydrogen-bond donors (Lipinski definition) is 3. The van der Waals surface area contributed by atoms with Crippen LogP contribution in [0.3, 0.4) is 0 Å². The van der Waals surface area contributed by atoms with Crippen molar-refractivity contribution in [1.29, 1.82) is 0 Å². The number of imidazole rings is 2. The van der Waals surface area contributed by atoms with Gasteiger partial charge in [0.15, 0.2) is 0 Å². The summed E-state index contributed by atoms with van der Waals surface area (Å²) in [7, 11) is 0. The quantitative estimate of drug-likeness (QED) is 0.148. The van der Waals surface area contributed by atoms with Gasteiger partial charge in [-0.2, -0.15) is 26.3 Å². The lowest BCUT2D eigenvalue weighted by atomic mass is 10.1. The lowest BCUT2D eigenvalue weighted by Gasteiger charge is -2.05. The van der Waals surface area contributed by atoms with Crippen LogP contribution in [0.15, 0.2) is 97.3 Å². The highest BCUT2D eigenvalue weighted by Gasteiger charge is 2.31. The summed E-state index contributed by atoms with van der Waals surface area (Å²) in [5.41, 5.74) is 8.19. The van der Waals surface area contributed by atoms with Crippen LogP contribution in [-0.4, -0.2) is 36.4 Å². The van der Waals surface area contributed by atoms with Crippen LogP contribution in [0.1, 0.15) is 45.0 Å². The van der Waals surface area contributed by atoms with Gasteiger partial charge in [0, 0.05) is 36.6 Å². The number of fused-ring (bicyclic) bond motifs is 2. The minimum Gasteiger partial charge on any atom is -0.480 e. The topological polar surface area (TPSA) is 110 Å². The lowest BCUT2D eigenvalue weighted by Crippen LogP contribution is -2.22. The molecule has 0 saturated heterocycles. The highest BCUT2D eigenvalue weighted by molar-refractivity contribution is 5.69. The number of aliphatic carboxylic acids is 1. The van der Waals surface area contributed by atoms with Gasteiger partial charge in [-0.25, -0.2) is 9.97 Å². The van der Waals surface area contributed by atoms with Crippen molar-refractivity contribution in [3.05, 3.63) is 142 Å². The summed E-state index contributed by atoms with van der Waals surface area (Å²) in [6, 6.07) is 20.5. The molecule has 0 fully saturated rings. The van der Waals surface area contributed by atoms with E-state index in [2.05, 4.69) is 39.0 Å². The Bertz CT molecular complexity index is 2280. The van der Waals surface area contributed by atoms with Crippen LogP contribution >= 0.6 is 0 Å². The van der Waals surface area contributed by atoms with E-state index in [0.29, 0.717) is 34.1 Å². The minimum absolute atomic E-state index is 0.167. The second-order valence-electron chi connectivity index (χ2n) is 10.5. The van der Waals surface area contributed by atoms with Gasteiger partial charge in [-0.1, -0.05) is 36.1 Å². The minimum atomic E-state index is -4.44. The van der Waals surface area contributed by atoms with Crippen LogP contribution in [0, 0.1) is 23.7 Å². The summed E-state index contributed by atoms with van der Waals surface area (Å²) in [5.74, 6) is 10.2. The Morgan fingerprint density at radius 3 is 1.64 bits per heavy atom. The first-order valence-electron chi connectivity index (χ1n) is 14.8. The van der Waals surface area contributed by atoms with Crippen LogP contribution < -0.4 is 11.1 Å². The summed E-state index contributed by atoms with van der Waals surface area (Å²) in [6.45, 7) is 0.128. The molecule has 6 aromatic rings. The van der Waals surface area contributed by atoms with Gasteiger partial charge < -0.3 is 16.2 Å². The summed E-state index contributed by atoms with van der Waals surface area (Å²) in [5, 5.41) is 11.5. The van der Waals surface area contributed by atoms with Gasteiger partial charge in [-0.05, 0) is 72.5 Å². The number of alkyl halides is 6. The number of carbonyl (C=O) groups is 1. The van der Waals surface area contributed by atoms with Crippen LogP contribution in [0.4, 0.5) is 26.3 Å². The molecular formula is C36H26F6N6O2. The molecule has 0 aliphatic rings. The van der Waals surface area contributed by atoms with E-state index < -0.39 is 29.4 Å². The zero-order valence-corrected chi connectivity index (χ0v) is 25.8. The fourth-order valence-corrected chi connectivity index (χ4v) is 4.72. The normalized spacial score (nSPS) is 11.3.